The van der Waals surface area contributed by atoms with Crippen LogP contribution in [0.15, 0.2) is 47.4 Å². The molecular formula is C21H25Cl2FN2O4S2. The maximum Gasteiger partial charge on any atom is 0.264 e. The second kappa shape index (κ2) is 10.3. The van der Waals surface area contributed by atoms with E-state index in [1.165, 1.54) is 40.7 Å². The van der Waals surface area contributed by atoms with Crippen molar-refractivity contribution in [2.24, 2.45) is 0 Å². The van der Waals surface area contributed by atoms with E-state index in [0.29, 0.717) is 18.1 Å². The number of anilines is 1. The number of sulfonamides is 2. The highest BCUT2D eigenvalue weighted by molar-refractivity contribution is 7.92. The van der Waals surface area contributed by atoms with Gasteiger partial charge in [-0.1, -0.05) is 23.2 Å². The summed E-state index contributed by atoms with van der Waals surface area (Å²) in [7, 11) is -7.57. The van der Waals surface area contributed by atoms with E-state index in [4.69, 9.17) is 23.2 Å². The van der Waals surface area contributed by atoms with E-state index >= 15 is 0 Å². The van der Waals surface area contributed by atoms with E-state index in [0.717, 1.165) is 23.2 Å². The first-order valence-electron chi connectivity index (χ1n) is 10.3. The summed E-state index contributed by atoms with van der Waals surface area (Å²) in [6.07, 6.45) is 2.13. The number of nitrogens with zero attached hydrogens (tertiary/aromatic N) is 2. The summed E-state index contributed by atoms with van der Waals surface area (Å²) in [5.41, 5.74) is -0.192. The zero-order chi connectivity index (χ0) is 23.5. The van der Waals surface area contributed by atoms with Crippen LogP contribution < -0.4 is 4.31 Å². The third-order valence-electron chi connectivity index (χ3n) is 5.40. The van der Waals surface area contributed by atoms with Crippen LogP contribution in [-0.4, -0.2) is 46.0 Å². The largest absolute Gasteiger partial charge is 0.264 e. The van der Waals surface area contributed by atoms with E-state index in [-0.39, 0.29) is 34.2 Å². The Morgan fingerprint density at radius 2 is 1.59 bits per heavy atom. The third-order valence-corrected chi connectivity index (χ3v) is 9.78. The van der Waals surface area contributed by atoms with Crippen LogP contribution >= 0.6 is 23.2 Å². The summed E-state index contributed by atoms with van der Waals surface area (Å²) in [5, 5.41) is 0.547. The van der Waals surface area contributed by atoms with E-state index in [2.05, 4.69) is 0 Å². The van der Waals surface area contributed by atoms with Gasteiger partial charge in [0.25, 0.3) is 10.0 Å². The van der Waals surface area contributed by atoms with Crippen LogP contribution in [0.3, 0.4) is 0 Å². The van der Waals surface area contributed by atoms with Gasteiger partial charge in [-0.15, -0.1) is 0 Å². The second-order valence-corrected chi connectivity index (χ2v) is 12.5. The molecular weight excluding hydrogens is 498 g/mol. The molecule has 1 unspecified atom stereocenters. The molecule has 0 aliphatic carbocycles. The van der Waals surface area contributed by atoms with Gasteiger partial charge in [0.2, 0.25) is 10.0 Å². The fourth-order valence-corrected chi connectivity index (χ4v) is 7.33. The van der Waals surface area contributed by atoms with Crippen LogP contribution in [0.5, 0.6) is 0 Å². The molecule has 1 heterocycles. The predicted octanol–water partition coefficient (Wildman–Crippen LogP) is 4.92. The molecule has 0 N–H and O–H groups in total. The number of rotatable bonds is 9. The van der Waals surface area contributed by atoms with Gasteiger partial charge in [0, 0.05) is 29.2 Å². The second-order valence-electron chi connectivity index (χ2n) is 7.76. The molecule has 32 heavy (non-hydrogen) atoms. The Balaban J connectivity index is 1.88. The topological polar surface area (TPSA) is 74.8 Å². The SMILES string of the molecule is CC(CCCS(=O)(=O)N1CCCC1)N(c1cc(Cl)ccc1F)S(=O)(=O)c1ccc(Cl)cc1. The van der Waals surface area contributed by atoms with Crippen LogP contribution in [0, 0.1) is 5.82 Å². The van der Waals surface area contributed by atoms with Crippen molar-refractivity contribution in [3.8, 4) is 0 Å². The predicted molar refractivity (Wildman–Crippen MR) is 126 cm³/mol. The lowest BCUT2D eigenvalue weighted by Gasteiger charge is -2.31. The van der Waals surface area contributed by atoms with Crippen molar-refractivity contribution in [1.82, 2.24) is 4.31 Å². The quantitative estimate of drug-likeness (QED) is 0.468. The lowest BCUT2D eigenvalue weighted by Crippen LogP contribution is -2.40. The highest BCUT2D eigenvalue weighted by Crippen LogP contribution is 2.32. The fourth-order valence-electron chi connectivity index (χ4n) is 3.75. The molecule has 1 aliphatic rings. The molecule has 6 nitrogen and oxygen atoms in total. The Morgan fingerprint density at radius 1 is 1.00 bits per heavy atom. The molecule has 0 radical (unpaired) electrons. The molecule has 176 valence electrons. The Labute approximate surface area is 199 Å². The molecule has 0 amide bonds. The standard InChI is InChI=1S/C21H25Cl2FN2O4S2/c1-16(5-4-14-31(27,28)25-12-2-3-13-25)26(21-15-18(23)8-11-20(21)24)32(29,30)19-9-6-17(22)7-10-19/h6-11,15-16H,2-5,12-14H2,1H3. The molecule has 2 aromatic carbocycles. The summed E-state index contributed by atoms with van der Waals surface area (Å²) < 4.78 is 69.1. The van der Waals surface area contributed by atoms with Crippen LogP contribution in [0.25, 0.3) is 0 Å². The lowest BCUT2D eigenvalue weighted by atomic mass is 10.2. The minimum Gasteiger partial charge on any atom is -0.261 e. The van der Waals surface area contributed by atoms with Crippen molar-refractivity contribution < 1.29 is 21.2 Å². The van der Waals surface area contributed by atoms with Crippen molar-refractivity contribution in [3.63, 3.8) is 0 Å². The number of halogens is 3. The van der Waals surface area contributed by atoms with Gasteiger partial charge in [0.1, 0.15) is 5.82 Å². The van der Waals surface area contributed by atoms with Gasteiger partial charge in [-0.2, -0.15) is 0 Å². The van der Waals surface area contributed by atoms with Gasteiger partial charge in [0.15, 0.2) is 0 Å². The van der Waals surface area contributed by atoms with Gasteiger partial charge in [-0.3, -0.25) is 4.31 Å². The van der Waals surface area contributed by atoms with Crippen molar-refractivity contribution in [1.29, 1.82) is 0 Å². The van der Waals surface area contributed by atoms with Crippen molar-refractivity contribution in [2.75, 3.05) is 23.1 Å². The molecule has 3 rings (SSSR count). The Kier molecular flexibility index (Phi) is 8.09. The van der Waals surface area contributed by atoms with Gasteiger partial charge >= 0.3 is 0 Å². The molecule has 1 saturated heterocycles. The maximum absolute atomic E-state index is 14.7. The van der Waals surface area contributed by atoms with Gasteiger partial charge in [-0.05, 0) is 75.1 Å². The zero-order valence-corrected chi connectivity index (χ0v) is 20.7. The summed E-state index contributed by atoms with van der Waals surface area (Å²) in [6.45, 7) is 2.65. The molecule has 11 heteroatoms. The first-order chi connectivity index (χ1) is 15.0. The molecule has 0 bridgehead atoms. The van der Waals surface area contributed by atoms with E-state index in [1.54, 1.807) is 6.92 Å². The fraction of sp³-hybridized carbons (Fsp3) is 0.429. The first-order valence-corrected chi connectivity index (χ1v) is 14.1. The van der Waals surface area contributed by atoms with Gasteiger partial charge < -0.3 is 0 Å². The molecule has 1 aliphatic heterocycles. The normalized spacial score (nSPS) is 16.2. The number of hydrogen-bond donors (Lipinski definition) is 0. The highest BCUT2D eigenvalue weighted by Gasteiger charge is 2.32. The Hall–Kier alpha value is -1.39. The van der Waals surface area contributed by atoms with Crippen molar-refractivity contribution >= 4 is 48.9 Å². The number of hydrogen-bond acceptors (Lipinski definition) is 4. The van der Waals surface area contributed by atoms with Crippen molar-refractivity contribution in [3.05, 3.63) is 58.3 Å². The van der Waals surface area contributed by atoms with Crippen LogP contribution in [-0.2, 0) is 20.0 Å². The number of benzene rings is 2. The smallest absolute Gasteiger partial charge is 0.261 e. The molecule has 1 fully saturated rings. The Bertz CT molecular complexity index is 1150. The maximum atomic E-state index is 14.7. The van der Waals surface area contributed by atoms with Crippen LogP contribution in [0.4, 0.5) is 10.1 Å². The van der Waals surface area contributed by atoms with E-state index in [1.807, 2.05) is 0 Å². The average Bonchev–Trinajstić information content (AvgIpc) is 3.27. The van der Waals surface area contributed by atoms with Crippen molar-refractivity contribution in [2.45, 2.75) is 43.5 Å². The minimum absolute atomic E-state index is 0.0576. The Morgan fingerprint density at radius 3 is 2.22 bits per heavy atom. The van der Waals surface area contributed by atoms with Crippen LogP contribution in [0.1, 0.15) is 32.6 Å². The summed E-state index contributed by atoms with van der Waals surface area (Å²) >= 11 is 11.9. The van der Waals surface area contributed by atoms with Gasteiger partial charge in [0.05, 0.1) is 16.3 Å². The van der Waals surface area contributed by atoms with Gasteiger partial charge in [-0.25, -0.2) is 25.5 Å². The van der Waals surface area contributed by atoms with E-state index < -0.39 is 31.9 Å². The zero-order valence-electron chi connectivity index (χ0n) is 17.5. The van der Waals surface area contributed by atoms with E-state index in [9.17, 15) is 21.2 Å². The first kappa shape index (κ1) is 25.2. The molecule has 0 saturated carbocycles. The molecule has 0 spiro atoms. The molecule has 0 aromatic heterocycles. The summed E-state index contributed by atoms with van der Waals surface area (Å²) in [4.78, 5) is -0.0576. The molecule has 1 atom stereocenters. The van der Waals surface area contributed by atoms with Crippen LogP contribution in [0.2, 0.25) is 10.0 Å². The molecule has 2 aromatic rings. The highest BCUT2D eigenvalue weighted by atomic mass is 35.5. The summed E-state index contributed by atoms with van der Waals surface area (Å²) in [5.74, 6) is -0.840. The lowest BCUT2D eigenvalue weighted by molar-refractivity contribution is 0.473. The third kappa shape index (κ3) is 5.75. The minimum atomic E-state index is -4.17. The average molecular weight is 523 g/mol. The summed E-state index contributed by atoms with van der Waals surface area (Å²) in [6, 6.07) is 8.53. The monoisotopic (exact) mass is 522 g/mol.